The Hall–Kier alpha value is -0.660. The summed E-state index contributed by atoms with van der Waals surface area (Å²) >= 11 is 0. The smallest absolute Gasteiger partial charge is 0.132 e. The van der Waals surface area contributed by atoms with E-state index < -0.39 is 0 Å². The number of hydrogen-bond acceptors (Lipinski definition) is 2. The van der Waals surface area contributed by atoms with Gasteiger partial charge in [-0.3, -0.25) is 4.79 Å². The largest absolute Gasteiger partial charge is 0.303 e. The molecule has 0 aromatic carbocycles. The second-order valence-corrected chi connectivity index (χ2v) is 2.88. The van der Waals surface area contributed by atoms with Crippen molar-refractivity contribution >= 4 is 12.1 Å². The molecule has 2 heteroatoms. The van der Waals surface area contributed by atoms with Crippen LogP contribution in [0.5, 0.6) is 0 Å². The average molecular weight is 140 g/mol. The first-order valence-electron chi connectivity index (χ1n) is 3.78. The SMILES string of the molecule is O=CCC1CCC(=O)CC1. The Bertz CT molecular complexity index is 130. The second-order valence-electron chi connectivity index (χ2n) is 2.88. The van der Waals surface area contributed by atoms with Crippen LogP contribution in [0, 0.1) is 5.92 Å². The van der Waals surface area contributed by atoms with E-state index >= 15 is 0 Å². The van der Waals surface area contributed by atoms with Gasteiger partial charge in [0, 0.05) is 19.3 Å². The van der Waals surface area contributed by atoms with Gasteiger partial charge in [0.15, 0.2) is 0 Å². The minimum Gasteiger partial charge on any atom is -0.303 e. The molecule has 0 aromatic rings. The van der Waals surface area contributed by atoms with Crippen LogP contribution in [0.4, 0.5) is 0 Å². The molecule has 0 aromatic heterocycles. The van der Waals surface area contributed by atoms with Crippen LogP contribution < -0.4 is 0 Å². The number of rotatable bonds is 2. The monoisotopic (exact) mass is 140 g/mol. The van der Waals surface area contributed by atoms with Crippen molar-refractivity contribution in [2.45, 2.75) is 32.1 Å². The Morgan fingerprint density at radius 2 is 2.00 bits per heavy atom. The highest BCUT2D eigenvalue weighted by atomic mass is 16.1. The van der Waals surface area contributed by atoms with Crippen LogP contribution in [0.2, 0.25) is 0 Å². The Balaban J connectivity index is 2.25. The van der Waals surface area contributed by atoms with Crippen molar-refractivity contribution in [3.05, 3.63) is 0 Å². The molecule has 1 saturated carbocycles. The molecule has 0 bridgehead atoms. The molecule has 1 aliphatic carbocycles. The van der Waals surface area contributed by atoms with Crippen LogP contribution in [0.1, 0.15) is 32.1 Å². The summed E-state index contributed by atoms with van der Waals surface area (Å²) in [6.07, 6.45) is 4.85. The van der Waals surface area contributed by atoms with Crippen LogP contribution in [-0.2, 0) is 9.59 Å². The van der Waals surface area contributed by atoms with E-state index in [0.29, 0.717) is 31.0 Å². The van der Waals surface area contributed by atoms with Gasteiger partial charge in [-0.05, 0) is 18.8 Å². The number of ketones is 1. The van der Waals surface area contributed by atoms with Gasteiger partial charge in [0.2, 0.25) is 0 Å². The summed E-state index contributed by atoms with van der Waals surface area (Å²) in [5.41, 5.74) is 0. The molecule has 56 valence electrons. The summed E-state index contributed by atoms with van der Waals surface area (Å²) in [4.78, 5) is 20.8. The van der Waals surface area contributed by atoms with Crippen molar-refractivity contribution < 1.29 is 9.59 Å². The van der Waals surface area contributed by atoms with E-state index in [0.717, 1.165) is 19.1 Å². The molecule has 2 nitrogen and oxygen atoms in total. The third kappa shape index (κ3) is 1.94. The van der Waals surface area contributed by atoms with E-state index in [1.807, 2.05) is 0 Å². The first kappa shape index (κ1) is 7.45. The standard InChI is InChI=1S/C8H12O2/c9-6-5-7-1-3-8(10)4-2-7/h6-7H,1-5H2. The summed E-state index contributed by atoms with van der Waals surface area (Å²) in [7, 11) is 0. The summed E-state index contributed by atoms with van der Waals surface area (Å²) in [5.74, 6) is 0.859. The summed E-state index contributed by atoms with van der Waals surface area (Å²) in [5, 5.41) is 0. The third-order valence-electron chi connectivity index (χ3n) is 2.09. The van der Waals surface area contributed by atoms with Gasteiger partial charge in [-0.1, -0.05) is 0 Å². The van der Waals surface area contributed by atoms with Crippen LogP contribution in [0.3, 0.4) is 0 Å². The Morgan fingerprint density at radius 1 is 1.40 bits per heavy atom. The van der Waals surface area contributed by atoms with Gasteiger partial charge in [-0.2, -0.15) is 0 Å². The molecular weight excluding hydrogens is 128 g/mol. The molecule has 0 atom stereocenters. The minimum absolute atomic E-state index is 0.363. The Morgan fingerprint density at radius 3 is 2.50 bits per heavy atom. The van der Waals surface area contributed by atoms with Crippen LogP contribution in [0.25, 0.3) is 0 Å². The molecule has 0 radical (unpaired) electrons. The zero-order chi connectivity index (χ0) is 7.40. The van der Waals surface area contributed by atoms with Crippen molar-refractivity contribution in [3.8, 4) is 0 Å². The van der Waals surface area contributed by atoms with E-state index in [1.165, 1.54) is 0 Å². The molecular formula is C8H12O2. The zero-order valence-corrected chi connectivity index (χ0v) is 6.01. The van der Waals surface area contributed by atoms with E-state index in [2.05, 4.69) is 0 Å². The first-order valence-corrected chi connectivity index (χ1v) is 3.78. The van der Waals surface area contributed by atoms with Crippen molar-refractivity contribution in [2.24, 2.45) is 5.92 Å². The normalized spacial score (nSPS) is 21.0. The third-order valence-corrected chi connectivity index (χ3v) is 2.09. The molecule has 0 aliphatic heterocycles. The zero-order valence-electron chi connectivity index (χ0n) is 6.01. The molecule has 0 heterocycles. The van der Waals surface area contributed by atoms with Gasteiger partial charge < -0.3 is 4.79 Å². The van der Waals surface area contributed by atoms with E-state index in [9.17, 15) is 9.59 Å². The lowest BCUT2D eigenvalue weighted by Gasteiger charge is -2.17. The molecule has 0 unspecified atom stereocenters. The maximum absolute atomic E-state index is 10.7. The summed E-state index contributed by atoms with van der Waals surface area (Å²) < 4.78 is 0. The van der Waals surface area contributed by atoms with Crippen LogP contribution >= 0.6 is 0 Å². The quantitative estimate of drug-likeness (QED) is 0.542. The fourth-order valence-electron chi connectivity index (χ4n) is 1.37. The highest BCUT2D eigenvalue weighted by molar-refractivity contribution is 5.79. The summed E-state index contributed by atoms with van der Waals surface area (Å²) in [6, 6.07) is 0. The average Bonchev–Trinajstić information content (AvgIpc) is 1.95. The van der Waals surface area contributed by atoms with Crippen molar-refractivity contribution in [3.63, 3.8) is 0 Å². The van der Waals surface area contributed by atoms with Gasteiger partial charge in [0.25, 0.3) is 0 Å². The van der Waals surface area contributed by atoms with Crippen molar-refractivity contribution in [1.82, 2.24) is 0 Å². The molecule has 1 aliphatic rings. The number of carbonyl (C=O) groups excluding carboxylic acids is 2. The van der Waals surface area contributed by atoms with Gasteiger partial charge in [-0.15, -0.1) is 0 Å². The molecule has 1 fully saturated rings. The molecule has 10 heavy (non-hydrogen) atoms. The van der Waals surface area contributed by atoms with E-state index in [1.54, 1.807) is 0 Å². The lowest BCUT2D eigenvalue weighted by atomic mass is 9.87. The number of aldehydes is 1. The molecule has 0 saturated heterocycles. The number of hydrogen-bond donors (Lipinski definition) is 0. The molecule has 0 amide bonds. The molecule has 0 spiro atoms. The fraction of sp³-hybridized carbons (Fsp3) is 0.750. The number of carbonyl (C=O) groups is 2. The number of Topliss-reactive ketones (excluding diaryl/α,β-unsaturated/α-hetero) is 1. The maximum atomic E-state index is 10.7. The van der Waals surface area contributed by atoms with Gasteiger partial charge in [0.05, 0.1) is 0 Å². The lowest BCUT2D eigenvalue weighted by Crippen LogP contribution is -2.13. The highest BCUT2D eigenvalue weighted by Gasteiger charge is 2.17. The van der Waals surface area contributed by atoms with E-state index in [-0.39, 0.29) is 0 Å². The van der Waals surface area contributed by atoms with Gasteiger partial charge >= 0.3 is 0 Å². The lowest BCUT2D eigenvalue weighted by molar-refractivity contribution is -0.121. The van der Waals surface area contributed by atoms with Gasteiger partial charge in [-0.25, -0.2) is 0 Å². The first-order chi connectivity index (χ1) is 4.83. The predicted molar refractivity (Wildman–Crippen MR) is 37.6 cm³/mol. The predicted octanol–water partition coefficient (Wildman–Crippen LogP) is 1.33. The highest BCUT2D eigenvalue weighted by Crippen LogP contribution is 2.22. The summed E-state index contributed by atoms with van der Waals surface area (Å²) in [6.45, 7) is 0. The van der Waals surface area contributed by atoms with Crippen molar-refractivity contribution in [1.29, 1.82) is 0 Å². The van der Waals surface area contributed by atoms with Gasteiger partial charge in [0.1, 0.15) is 12.1 Å². The van der Waals surface area contributed by atoms with E-state index in [4.69, 9.17) is 0 Å². The molecule has 0 N–H and O–H groups in total. The fourth-order valence-corrected chi connectivity index (χ4v) is 1.37. The van der Waals surface area contributed by atoms with Crippen LogP contribution in [0.15, 0.2) is 0 Å². The maximum Gasteiger partial charge on any atom is 0.132 e. The van der Waals surface area contributed by atoms with Crippen molar-refractivity contribution in [2.75, 3.05) is 0 Å². The Kier molecular flexibility index (Phi) is 2.60. The second kappa shape index (κ2) is 3.49. The van der Waals surface area contributed by atoms with Crippen LogP contribution in [-0.4, -0.2) is 12.1 Å². The Labute approximate surface area is 60.6 Å². The molecule has 1 rings (SSSR count). The minimum atomic E-state index is 0.363. The topological polar surface area (TPSA) is 34.1 Å².